The van der Waals surface area contributed by atoms with Crippen LogP contribution in [0.15, 0.2) is 72.9 Å². The van der Waals surface area contributed by atoms with Crippen LogP contribution in [0.1, 0.15) is 61.6 Å². The molecule has 56 heavy (non-hydrogen) atoms. The fourth-order valence-electron chi connectivity index (χ4n) is 9.34. The van der Waals surface area contributed by atoms with Crippen LogP contribution in [0.4, 0.5) is 0 Å². The predicted octanol–water partition coefficient (Wildman–Crippen LogP) is 8.33. The summed E-state index contributed by atoms with van der Waals surface area (Å²) in [5.74, 6) is 0.959. The van der Waals surface area contributed by atoms with E-state index in [2.05, 4.69) is 46.8 Å². The maximum Gasteiger partial charge on any atom is 0.309 e. The van der Waals surface area contributed by atoms with E-state index in [1.165, 1.54) is 0 Å². The summed E-state index contributed by atoms with van der Waals surface area (Å²) in [4.78, 5) is 26.0. The van der Waals surface area contributed by atoms with Crippen molar-refractivity contribution in [2.24, 2.45) is 5.41 Å². The van der Waals surface area contributed by atoms with E-state index in [1.54, 1.807) is 14.2 Å². The fraction of sp³-hybridized carbons (Fsp3) is 0.386. The van der Waals surface area contributed by atoms with Crippen LogP contribution in [-0.4, -0.2) is 71.1 Å². The molecule has 0 spiro atoms. The summed E-state index contributed by atoms with van der Waals surface area (Å²) in [5.41, 5.74) is 6.83. The number of amides is 1. The van der Waals surface area contributed by atoms with Crippen molar-refractivity contribution in [3.8, 4) is 33.8 Å². The van der Waals surface area contributed by atoms with Gasteiger partial charge in [-0.15, -0.1) is 0 Å². The number of nitrogens with one attached hydrogen (secondary N) is 2. The smallest absolute Gasteiger partial charge is 0.309 e. The maximum atomic E-state index is 12.1. The molecule has 1 unspecified atom stereocenters. The number of fused-ring (bicyclic) bond motifs is 3. The lowest BCUT2D eigenvalue weighted by molar-refractivity contribution is -0.148. The summed E-state index contributed by atoms with van der Waals surface area (Å²) in [7, 11) is 5.44. The fourth-order valence-corrected chi connectivity index (χ4v) is 9.92. The maximum absolute atomic E-state index is 12.1. The molecule has 3 N–H and O–H groups in total. The summed E-state index contributed by atoms with van der Waals surface area (Å²) < 4.78 is 13.6. The van der Waals surface area contributed by atoms with Gasteiger partial charge in [-0.05, 0) is 86.5 Å². The first-order valence-electron chi connectivity index (χ1n) is 19.2. The van der Waals surface area contributed by atoms with Gasteiger partial charge in [0.15, 0.2) is 0 Å². The summed E-state index contributed by atoms with van der Waals surface area (Å²) in [6, 6.07) is 22.5. The van der Waals surface area contributed by atoms with Crippen LogP contribution in [0.3, 0.4) is 0 Å². The molecule has 1 atom stereocenters. The number of carbonyl (C=O) groups is 2. The summed E-state index contributed by atoms with van der Waals surface area (Å²) in [5, 5.41) is 23.4. The van der Waals surface area contributed by atoms with Gasteiger partial charge in [0.2, 0.25) is 5.91 Å². The molecule has 12 heteroatoms. The van der Waals surface area contributed by atoms with Crippen molar-refractivity contribution in [3.63, 3.8) is 0 Å². The highest BCUT2D eigenvalue weighted by atomic mass is 35.5. The Kier molecular flexibility index (Phi) is 10.5. The monoisotopic (exact) mass is 795 g/mol. The molecule has 1 amide bonds. The number of halogens is 2. The minimum absolute atomic E-state index is 0.112. The Morgan fingerprint density at radius 2 is 1.70 bits per heavy atom. The van der Waals surface area contributed by atoms with Crippen LogP contribution < -0.4 is 20.1 Å². The molecule has 2 saturated carbocycles. The van der Waals surface area contributed by atoms with Crippen molar-refractivity contribution in [1.29, 1.82) is 0 Å². The Morgan fingerprint density at radius 1 is 0.964 bits per heavy atom. The van der Waals surface area contributed by atoms with E-state index in [1.807, 2.05) is 53.3 Å². The lowest BCUT2D eigenvalue weighted by atomic mass is 9.84. The van der Waals surface area contributed by atoms with Crippen LogP contribution in [0.5, 0.6) is 11.5 Å². The SMILES string of the molecule is COc1cc(-c2cccc(-c3cccc4c3cnn4Cc3cc(OC)c(CN(C)C45CCC(C(=O)O)(CC4)C5)cc3Cl)c2Cl)ccc1CNCC1CCC(=O)N1. The molecule has 0 radical (unpaired) electrons. The Balaban J connectivity index is 1.01. The van der Waals surface area contributed by atoms with Gasteiger partial charge < -0.3 is 25.2 Å². The van der Waals surface area contributed by atoms with E-state index < -0.39 is 11.4 Å². The van der Waals surface area contributed by atoms with Crippen molar-refractivity contribution in [1.82, 2.24) is 25.3 Å². The third-order valence-electron chi connectivity index (χ3n) is 12.6. The van der Waals surface area contributed by atoms with Gasteiger partial charge in [0.25, 0.3) is 0 Å². The molecular formula is C44H47Cl2N5O5. The molecule has 4 aromatic carbocycles. The number of carbonyl (C=O) groups excluding carboxylic acids is 1. The molecule has 292 valence electrons. The predicted molar refractivity (Wildman–Crippen MR) is 219 cm³/mol. The largest absolute Gasteiger partial charge is 0.496 e. The number of nitrogens with zero attached hydrogens (tertiary/aromatic N) is 3. The summed E-state index contributed by atoms with van der Waals surface area (Å²) in [6.07, 6.45) is 7.23. The number of methoxy groups -OCH3 is 2. The third-order valence-corrected chi connectivity index (χ3v) is 13.4. The quantitative estimate of drug-likeness (QED) is 0.103. The molecule has 10 nitrogen and oxygen atoms in total. The highest BCUT2D eigenvalue weighted by Gasteiger charge is 2.59. The van der Waals surface area contributed by atoms with Crippen molar-refractivity contribution in [2.45, 2.75) is 76.2 Å². The second-order valence-electron chi connectivity index (χ2n) is 15.8. The first kappa shape index (κ1) is 38.3. The van der Waals surface area contributed by atoms with Gasteiger partial charge in [0.05, 0.1) is 42.9 Å². The first-order chi connectivity index (χ1) is 27.0. The molecule has 1 aliphatic heterocycles. The molecule has 2 aliphatic carbocycles. The van der Waals surface area contributed by atoms with Gasteiger partial charge in [-0.25, -0.2) is 0 Å². The number of rotatable bonds is 14. The Bertz CT molecular complexity index is 2320. The van der Waals surface area contributed by atoms with Crippen LogP contribution in [0, 0.1) is 5.41 Å². The van der Waals surface area contributed by atoms with E-state index in [9.17, 15) is 14.7 Å². The lowest BCUT2D eigenvalue weighted by Crippen LogP contribution is -2.42. The average Bonchev–Trinajstić information content (AvgIpc) is 4.00. The van der Waals surface area contributed by atoms with E-state index in [-0.39, 0.29) is 17.5 Å². The van der Waals surface area contributed by atoms with Crippen LogP contribution in [-0.2, 0) is 29.2 Å². The third kappa shape index (κ3) is 7.02. The first-order valence-corrected chi connectivity index (χ1v) is 20.0. The minimum Gasteiger partial charge on any atom is -0.496 e. The van der Waals surface area contributed by atoms with Crippen molar-refractivity contribution in [2.75, 3.05) is 27.8 Å². The highest BCUT2D eigenvalue weighted by molar-refractivity contribution is 6.36. The van der Waals surface area contributed by atoms with Crippen LogP contribution in [0.25, 0.3) is 33.2 Å². The minimum atomic E-state index is -0.661. The second-order valence-corrected chi connectivity index (χ2v) is 16.6. The number of ether oxygens (including phenoxy) is 2. The molecule has 1 aromatic heterocycles. The van der Waals surface area contributed by atoms with Gasteiger partial charge in [0.1, 0.15) is 11.5 Å². The number of aliphatic carboxylic acids is 1. The number of aromatic nitrogens is 2. The van der Waals surface area contributed by atoms with Gasteiger partial charge >= 0.3 is 5.97 Å². The van der Waals surface area contributed by atoms with Crippen molar-refractivity contribution >= 4 is 46.0 Å². The van der Waals surface area contributed by atoms with Gasteiger partial charge in [-0.1, -0.05) is 65.7 Å². The van der Waals surface area contributed by atoms with Gasteiger partial charge in [-0.2, -0.15) is 5.10 Å². The Labute approximate surface area is 337 Å². The molecule has 3 fully saturated rings. The van der Waals surface area contributed by atoms with Gasteiger partial charge in [0, 0.05) is 70.3 Å². The number of hydrogen-bond acceptors (Lipinski definition) is 7. The molecule has 8 rings (SSSR count). The molecule has 2 bridgehead atoms. The number of carboxylic acids is 1. The number of carboxylic acid groups (broad SMARTS) is 1. The number of benzene rings is 4. The average molecular weight is 797 g/mol. The molecule has 5 aromatic rings. The Morgan fingerprint density at radius 3 is 2.41 bits per heavy atom. The standard InChI is InChI=1S/C44H47Cl2N5O5/c1-50(44-16-14-43(26-44,15-17-44)42(53)54)24-30-18-36(45)29(20-39(30)56-3)25-51-37-9-5-7-33(35(37)23-48-51)34-8-4-6-32(41(34)46)27-10-11-28(38(19-27)55-2)21-47-22-31-12-13-40(52)49-31/h4-11,18-20,23,31,47H,12-17,21-22,24-26H2,1-3H3,(H,49,52)(H,53,54). The summed E-state index contributed by atoms with van der Waals surface area (Å²) in [6.45, 7) is 2.38. The normalized spacial score (nSPS) is 21.6. The zero-order chi connectivity index (χ0) is 39.2. The molecule has 2 heterocycles. The van der Waals surface area contributed by atoms with Gasteiger partial charge in [-0.3, -0.25) is 19.2 Å². The Hall–Kier alpha value is -4.61. The van der Waals surface area contributed by atoms with E-state index in [0.717, 1.165) is 93.5 Å². The summed E-state index contributed by atoms with van der Waals surface area (Å²) >= 11 is 14.2. The number of hydrogen-bond donors (Lipinski definition) is 3. The molecule has 3 aliphatic rings. The topological polar surface area (TPSA) is 118 Å². The van der Waals surface area contributed by atoms with E-state index in [0.29, 0.717) is 49.1 Å². The van der Waals surface area contributed by atoms with Crippen molar-refractivity contribution in [3.05, 3.63) is 99.7 Å². The van der Waals surface area contributed by atoms with Crippen LogP contribution in [0.2, 0.25) is 10.0 Å². The highest BCUT2D eigenvalue weighted by Crippen LogP contribution is 2.59. The van der Waals surface area contributed by atoms with E-state index in [4.69, 9.17) is 37.8 Å². The lowest BCUT2D eigenvalue weighted by Gasteiger charge is -2.37. The zero-order valence-electron chi connectivity index (χ0n) is 32.0. The molecule has 1 saturated heterocycles. The van der Waals surface area contributed by atoms with Crippen molar-refractivity contribution < 1.29 is 24.2 Å². The van der Waals surface area contributed by atoms with E-state index >= 15 is 0 Å². The zero-order valence-corrected chi connectivity index (χ0v) is 33.5. The second kappa shape index (κ2) is 15.4. The molecular weight excluding hydrogens is 749 g/mol. The van der Waals surface area contributed by atoms with Crippen LogP contribution >= 0.6 is 23.2 Å².